The van der Waals surface area contributed by atoms with E-state index in [1.165, 1.54) is 6.92 Å². The van der Waals surface area contributed by atoms with Crippen LogP contribution in [0.5, 0.6) is 0 Å². The van der Waals surface area contributed by atoms with Crippen LogP contribution in [0.2, 0.25) is 0 Å². The monoisotopic (exact) mass is 200 g/mol. The largest absolute Gasteiger partial charge is 1.00 e. The van der Waals surface area contributed by atoms with Crippen molar-refractivity contribution in [3.8, 4) is 0 Å². The number of hydrogen-bond donors (Lipinski definition) is 2. The predicted molar refractivity (Wildman–Crippen MR) is 36.6 cm³/mol. The Balaban J connectivity index is -0.000000605. The van der Waals surface area contributed by atoms with Crippen molar-refractivity contribution in [2.75, 3.05) is 0 Å². The Morgan fingerprint density at radius 1 is 1.38 bits per heavy atom. The normalized spacial score (nSPS) is 10.8. The molecule has 1 atom stereocenters. The molecule has 70 valence electrons. The average Bonchev–Trinajstić information content (AvgIpc) is 1.84. The zero-order chi connectivity index (χ0) is 9.72. The van der Waals surface area contributed by atoms with Crippen molar-refractivity contribution in [2.24, 2.45) is 5.92 Å². The van der Waals surface area contributed by atoms with E-state index < -0.39 is 30.4 Å². The van der Waals surface area contributed by atoms with Gasteiger partial charge in [0.25, 0.3) is 0 Å². The van der Waals surface area contributed by atoms with Crippen molar-refractivity contribution in [1.82, 2.24) is 0 Å². The number of aliphatic carboxylic acids is 1. The summed E-state index contributed by atoms with van der Waals surface area (Å²) in [6, 6.07) is 0. The van der Waals surface area contributed by atoms with E-state index in [1.54, 1.807) is 0 Å². The molecule has 0 radical (unpaired) electrons. The van der Waals surface area contributed by atoms with Crippen LogP contribution >= 0.6 is 0 Å². The third-order valence-electron chi connectivity index (χ3n) is 1.07. The summed E-state index contributed by atoms with van der Waals surface area (Å²) < 4.78 is 3.73. The van der Waals surface area contributed by atoms with E-state index in [4.69, 9.17) is 10.2 Å². The molecule has 6 nitrogen and oxygen atoms in total. The number of carboxylic acid groups (broad SMARTS) is 2. The number of ether oxygens (including phenoxy) is 1. The SMILES string of the molecule is CC(CC(=O)O)C(=O)OC(=O)O.[H-].[Na+]. The minimum absolute atomic E-state index is 0. The summed E-state index contributed by atoms with van der Waals surface area (Å²) in [4.78, 5) is 30.5. The van der Waals surface area contributed by atoms with Crippen LogP contribution in [0.25, 0.3) is 0 Å². The zero-order valence-electron chi connectivity index (χ0n) is 8.31. The Morgan fingerprint density at radius 3 is 2.15 bits per heavy atom. The first-order valence-corrected chi connectivity index (χ1v) is 3.10. The summed E-state index contributed by atoms with van der Waals surface area (Å²) in [5, 5.41) is 16.2. The van der Waals surface area contributed by atoms with Crippen LogP contribution in [0.1, 0.15) is 14.8 Å². The summed E-state index contributed by atoms with van der Waals surface area (Å²) in [6.45, 7) is 1.28. The van der Waals surface area contributed by atoms with E-state index in [0.29, 0.717) is 0 Å². The minimum atomic E-state index is -1.72. The number of esters is 1. The van der Waals surface area contributed by atoms with Crippen molar-refractivity contribution in [3.63, 3.8) is 0 Å². The maximum atomic E-state index is 10.6. The smallest absolute Gasteiger partial charge is 1.00 e. The number of hydrogen-bond acceptors (Lipinski definition) is 4. The molecule has 0 aliphatic carbocycles. The van der Waals surface area contributed by atoms with Crippen LogP contribution in [0.4, 0.5) is 4.79 Å². The second-order valence-electron chi connectivity index (χ2n) is 2.19. The summed E-state index contributed by atoms with van der Waals surface area (Å²) in [5.74, 6) is -3.17. The molecule has 0 aliphatic heterocycles. The quantitative estimate of drug-likeness (QED) is 0.295. The molecule has 0 fully saturated rings. The Bertz CT molecular complexity index is 218. The molecule has 0 saturated carbocycles. The molecule has 0 amide bonds. The van der Waals surface area contributed by atoms with Gasteiger partial charge in [-0.15, -0.1) is 0 Å². The van der Waals surface area contributed by atoms with Gasteiger partial charge in [-0.3, -0.25) is 9.59 Å². The standard InChI is InChI=1S/C6H8O6.Na.H/c1-3(2-4(7)8)5(9)12-6(10)11;;/h3H,2H2,1H3,(H,7,8)(H,10,11);;/q;+1;-1. The van der Waals surface area contributed by atoms with Gasteiger partial charge in [-0.1, -0.05) is 6.92 Å². The molecule has 7 heteroatoms. The molecule has 0 bridgehead atoms. The van der Waals surface area contributed by atoms with Crippen LogP contribution in [0.15, 0.2) is 0 Å². The molecular formula is C6H9NaO6. The van der Waals surface area contributed by atoms with Crippen molar-refractivity contribution in [2.45, 2.75) is 13.3 Å². The molecule has 0 aromatic rings. The Kier molecular flexibility index (Phi) is 7.89. The molecule has 0 rings (SSSR count). The Morgan fingerprint density at radius 2 is 1.85 bits per heavy atom. The Labute approximate surface area is 97.6 Å². The third-order valence-corrected chi connectivity index (χ3v) is 1.07. The van der Waals surface area contributed by atoms with Crippen LogP contribution in [0.3, 0.4) is 0 Å². The predicted octanol–water partition coefficient (Wildman–Crippen LogP) is -2.57. The van der Waals surface area contributed by atoms with Gasteiger partial charge in [0.2, 0.25) is 0 Å². The number of carbonyl (C=O) groups is 3. The van der Waals surface area contributed by atoms with Gasteiger partial charge in [-0.05, 0) is 0 Å². The van der Waals surface area contributed by atoms with Crippen LogP contribution in [0, 0.1) is 5.92 Å². The van der Waals surface area contributed by atoms with E-state index in [0.717, 1.165) is 0 Å². The van der Waals surface area contributed by atoms with E-state index in [9.17, 15) is 14.4 Å². The topological polar surface area (TPSA) is 101 Å². The van der Waals surface area contributed by atoms with Crippen molar-refractivity contribution < 1.29 is 60.3 Å². The first-order chi connectivity index (χ1) is 5.43. The molecule has 0 saturated heterocycles. The van der Waals surface area contributed by atoms with E-state index >= 15 is 0 Å². The zero-order valence-corrected chi connectivity index (χ0v) is 9.31. The number of carbonyl (C=O) groups excluding carboxylic acids is 1. The van der Waals surface area contributed by atoms with Gasteiger partial charge in [0.1, 0.15) is 0 Å². The van der Waals surface area contributed by atoms with Gasteiger partial charge in [0.15, 0.2) is 0 Å². The van der Waals surface area contributed by atoms with Crippen LogP contribution in [-0.2, 0) is 14.3 Å². The first-order valence-electron chi connectivity index (χ1n) is 3.10. The maximum Gasteiger partial charge on any atom is 1.00 e. The third kappa shape index (κ3) is 7.76. The van der Waals surface area contributed by atoms with Crippen molar-refractivity contribution >= 4 is 18.1 Å². The molecule has 1 unspecified atom stereocenters. The molecule has 13 heavy (non-hydrogen) atoms. The number of rotatable bonds is 3. The molecule has 2 N–H and O–H groups in total. The van der Waals surface area contributed by atoms with Gasteiger partial charge >= 0.3 is 47.7 Å². The van der Waals surface area contributed by atoms with E-state index in [-0.39, 0.29) is 31.0 Å². The fraction of sp³-hybridized carbons (Fsp3) is 0.500. The molecule has 0 aromatic heterocycles. The second-order valence-corrected chi connectivity index (χ2v) is 2.19. The number of carboxylic acids is 1. The molecule has 0 aromatic carbocycles. The minimum Gasteiger partial charge on any atom is -1.00 e. The molecule has 0 spiro atoms. The Hall–Kier alpha value is -0.590. The molecule has 0 aliphatic rings. The van der Waals surface area contributed by atoms with E-state index in [1.807, 2.05) is 0 Å². The van der Waals surface area contributed by atoms with Gasteiger partial charge in [-0.25, -0.2) is 4.79 Å². The van der Waals surface area contributed by atoms with Gasteiger partial charge in [0, 0.05) is 0 Å². The van der Waals surface area contributed by atoms with Gasteiger partial charge < -0.3 is 16.4 Å². The van der Waals surface area contributed by atoms with E-state index in [2.05, 4.69) is 4.74 Å². The van der Waals surface area contributed by atoms with Crippen LogP contribution < -0.4 is 29.6 Å². The summed E-state index contributed by atoms with van der Waals surface area (Å²) in [5.41, 5.74) is 0. The molecule has 0 heterocycles. The first kappa shape index (κ1) is 14.9. The second kappa shape index (κ2) is 6.88. The molecular weight excluding hydrogens is 191 g/mol. The maximum absolute atomic E-state index is 10.6. The summed E-state index contributed by atoms with van der Waals surface area (Å²) in [7, 11) is 0. The fourth-order valence-electron chi connectivity index (χ4n) is 0.532. The van der Waals surface area contributed by atoms with Gasteiger partial charge in [-0.2, -0.15) is 0 Å². The summed E-state index contributed by atoms with van der Waals surface area (Å²) >= 11 is 0. The van der Waals surface area contributed by atoms with Crippen LogP contribution in [-0.4, -0.2) is 28.3 Å². The average molecular weight is 200 g/mol. The fourth-order valence-corrected chi connectivity index (χ4v) is 0.532. The van der Waals surface area contributed by atoms with Crippen molar-refractivity contribution in [1.29, 1.82) is 0 Å². The summed E-state index contributed by atoms with van der Waals surface area (Å²) in [6.07, 6.45) is -2.16. The van der Waals surface area contributed by atoms with Crippen molar-refractivity contribution in [3.05, 3.63) is 0 Å². The van der Waals surface area contributed by atoms with Gasteiger partial charge in [0.05, 0.1) is 12.3 Å².